The molecule has 0 aliphatic carbocycles. The number of carbonyl (C=O) groups excluding carboxylic acids is 1. The first kappa shape index (κ1) is 20.5. The summed E-state index contributed by atoms with van der Waals surface area (Å²) >= 11 is 1.78. The lowest BCUT2D eigenvalue weighted by Crippen LogP contribution is -2.61. The van der Waals surface area contributed by atoms with Gasteiger partial charge in [0.25, 0.3) is 0 Å². The Morgan fingerprint density at radius 2 is 1.90 bits per heavy atom. The maximum atomic E-state index is 12.5. The summed E-state index contributed by atoms with van der Waals surface area (Å²) in [5.74, 6) is 3.00. The number of rotatable bonds is 7. The predicted molar refractivity (Wildman–Crippen MR) is 117 cm³/mol. The lowest BCUT2D eigenvalue weighted by Gasteiger charge is -2.51. The van der Waals surface area contributed by atoms with Gasteiger partial charge in [0.05, 0.1) is 31.9 Å². The van der Waals surface area contributed by atoms with Crippen molar-refractivity contribution >= 4 is 17.7 Å². The second kappa shape index (κ2) is 9.40. The van der Waals surface area contributed by atoms with E-state index in [-0.39, 0.29) is 5.97 Å². The zero-order valence-electron chi connectivity index (χ0n) is 17.3. The van der Waals surface area contributed by atoms with E-state index in [1.54, 1.807) is 17.8 Å². The van der Waals surface area contributed by atoms with Gasteiger partial charge in [-0.25, -0.2) is 4.79 Å². The van der Waals surface area contributed by atoms with Crippen molar-refractivity contribution in [1.29, 1.82) is 0 Å². The molecule has 2 aliphatic rings. The number of hydrogen-bond acceptors (Lipinski definition) is 4. The molecule has 2 aromatic rings. The number of ether oxygens (including phenoxy) is 1. The quantitative estimate of drug-likeness (QED) is 0.456. The minimum Gasteiger partial charge on any atom is -0.459 e. The number of benzene rings is 1. The second-order valence-corrected chi connectivity index (χ2v) is 9.72. The van der Waals surface area contributed by atoms with Gasteiger partial charge < -0.3 is 13.6 Å². The first-order valence-corrected chi connectivity index (χ1v) is 12.0. The summed E-state index contributed by atoms with van der Waals surface area (Å²) in [5.41, 5.74) is 1.30. The monoisotopic (exact) mass is 414 g/mol. The number of fused-ring (bicyclic) bond motifs is 1. The average Bonchev–Trinajstić information content (AvgIpc) is 3.21. The van der Waals surface area contributed by atoms with Crippen molar-refractivity contribution in [2.75, 3.05) is 26.7 Å². The van der Waals surface area contributed by atoms with Crippen LogP contribution in [0.5, 0.6) is 0 Å². The third-order valence-electron chi connectivity index (χ3n) is 6.65. The van der Waals surface area contributed by atoms with E-state index < -0.39 is 0 Å². The van der Waals surface area contributed by atoms with Gasteiger partial charge in [0, 0.05) is 18.1 Å². The summed E-state index contributed by atoms with van der Waals surface area (Å²) in [6.45, 7) is 3.07. The Balaban J connectivity index is 1.26. The Hall–Kier alpha value is -1.72. The highest BCUT2D eigenvalue weighted by atomic mass is 32.2. The van der Waals surface area contributed by atoms with E-state index in [2.05, 4.69) is 31.3 Å². The minimum atomic E-state index is -0.320. The largest absolute Gasteiger partial charge is 0.459 e. The first-order chi connectivity index (χ1) is 14.1. The van der Waals surface area contributed by atoms with Crippen molar-refractivity contribution in [3.63, 3.8) is 0 Å². The van der Waals surface area contributed by atoms with Gasteiger partial charge in [0.2, 0.25) is 5.76 Å². The van der Waals surface area contributed by atoms with Gasteiger partial charge in [0.15, 0.2) is 0 Å². The summed E-state index contributed by atoms with van der Waals surface area (Å²) in [4.78, 5) is 12.5. The molecule has 0 saturated carbocycles. The van der Waals surface area contributed by atoms with Crippen molar-refractivity contribution in [3.8, 4) is 0 Å². The van der Waals surface area contributed by atoms with E-state index >= 15 is 0 Å². The summed E-state index contributed by atoms with van der Waals surface area (Å²) in [6.07, 6.45) is 6.31. The van der Waals surface area contributed by atoms with Crippen molar-refractivity contribution in [2.24, 2.45) is 5.92 Å². The van der Waals surface area contributed by atoms with Crippen molar-refractivity contribution in [1.82, 2.24) is 0 Å². The fraction of sp³-hybridized carbons (Fsp3) is 0.542. The Labute approximate surface area is 178 Å². The van der Waals surface area contributed by atoms with Crippen molar-refractivity contribution < 1.29 is 18.4 Å². The van der Waals surface area contributed by atoms with Gasteiger partial charge in [0.1, 0.15) is 12.4 Å². The third-order valence-corrected chi connectivity index (χ3v) is 7.68. The van der Waals surface area contributed by atoms with Gasteiger partial charge >= 0.3 is 5.97 Å². The van der Waals surface area contributed by atoms with E-state index in [0.29, 0.717) is 24.3 Å². The van der Waals surface area contributed by atoms with Gasteiger partial charge in [-0.15, -0.1) is 11.8 Å². The third kappa shape index (κ3) is 5.07. The molecule has 1 aromatic carbocycles. The van der Waals surface area contributed by atoms with E-state index in [4.69, 9.17) is 9.15 Å². The molecule has 0 amide bonds. The molecule has 0 radical (unpaired) electrons. The maximum Gasteiger partial charge on any atom is 0.374 e. The van der Waals surface area contributed by atoms with Crippen LogP contribution in [0.25, 0.3) is 0 Å². The second-order valence-electron chi connectivity index (χ2n) is 8.73. The van der Waals surface area contributed by atoms with E-state index in [1.807, 2.05) is 12.1 Å². The first-order valence-electron chi connectivity index (χ1n) is 10.9. The Morgan fingerprint density at radius 3 is 2.76 bits per heavy atom. The van der Waals surface area contributed by atoms with Crippen LogP contribution in [0.2, 0.25) is 0 Å². The van der Waals surface area contributed by atoms with E-state index in [9.17, 15) is 4.79 Å². The molecule has 0 bridgehead atoms. The SMILES string of the molecule is C[N+]12CCCCC1C(COC(=O)c1ccc(CSCc3ccccc3)o1)CCC2. The summed E-state index contributed by atoms with van der Waals surface area (Å²) < 4.78 is 12.6. The molecule has 1 aromatic heterocycles. The lowest BCUT2D eigenvalue weighted by atomic mass is 9.82. The van der Waals surface area contributed by atoms with Gasteiger partial charge in [-0.3, -0.25) is 0 Å². The molecule has 2 fully saturated rings. The highest BCUT2D eigenvalue weighted by Gasteiger charge is 2.43. The molecule has 156 valence electrons. The number of nitrogens with zero attached hydrogens (tertiary/aromatic N) is 1. The number of esters is 1. The Bertz CT molecular complexity index is 801. The molecule has 0 N–H and O–H groups in total. The van der Waals surface area contributed by atoms with Crippen LogP contribution >= 0.6 is 11.8 Å². The van der Waals surface area contributed by atoms with Gasteiger partial charge in [-0.1, -0.05) is 30.3 Å². The zero-order valence-corrected chi connectivity index (χ0v) is 18.2. The predicted octanol–water partition coefficient (Wildman–Crippen LogP) is 5.28. The number of piperidine rings is 2. The van der Waals surface area contributed by atoms with Crippen LogP contribution in [-0.2, 0) is 16.2 Å². The zero-order chi connectivity index (χ0) is 20.1. The molecule has 2 aliphatic heterocycles. The molecule has 3 unspecified atom stereocenters. The minimum absolute atomic E-state index is 0.320. The van der Waals surface area contributed by atoms with Crippen LogP contribution in [-0.4, -0.2) is 43.2 Å². The van der Waals surface area contributed by atoms with Crippen LogP contribution in [0.4, 0.5) is 0 Å². The molecule has 0 spiro atoms. The smallest absolute Gasteiger partial charge is 0.374 e. The highest BCUT2D eigenvalue weighted by Crippen LogP contribution is 2.36. The number of quaternary nitrogens is 1. The summed E-state index contributed by atoms with van der Waals surface area (Å²) in [6, 6.07) is 14.7. The maximum absolute atomic E-state index is 12.5. The average molecular weight is 415 g/mol. The molecular formula is C24H32NO3S+. The van der Waals surface area contributed by atoms with Crippen molar-refractivity contribution in [3.05, 3.63) is 59.5 Å². The molecule has 3 atom stereocenters. The molecule has 4 nitrogen and oxygen atoms in total. The molecule has 29 heavy (non-hydrogen) atoms. The molecule has 4 rings (SSSR count). The number of thioether (sulfide) groups is 1. The number of furan rings is 1. The molecule has 3 heterocycles. The van der Waals surface area contributed by atoms with Gasteiger partial charge in [-0.05, 0) is 43.4 Å². The van der Waals surface area contributed by atoms with Crippen LogP contribution in [0.3, 0.4) is 0 Å². The highest BCUT2D eigenvalue weighted by molar-refractivity contribution is 7.97. The summed E-state index contributed by atoms with van der Waals surface area (Å²) in [7, 11) is 2.39. The number of carbonyl (C=O) groups is 1. The van der Waals surface area contributed by atoms with E-state index in [0.717, 1.165) is 17.3 Å². The normalized spacial score (nSPS) is 26.7. The van der Waals surface area contributed by atoms with Crippen LogP contribution < -0.4 is 0 Å². The van der Waals surface area contributed by atoms with Crippen LogP contribution in [0.1, 0.15) is 54.0 Å². The lowest BCUT2D eigenvalue weighted by molar-refractivity contribution is -0.947. The van der Waals surface area contributed by atoms with Crippen LogP contribution in [0.15, 0.2) is 46.9 Å². The fourth-order valence-electron chi connectivity index (χ4n) is 5.09. The molecule has 2 saturated heterocycles. The van der Waals surface area contributed by atoms with Crippen molar-refractivity contribution in [2.45, 2.75) is 49.7 Å². The summed E-state index contributed by atoms with van der Waals surface area (Å²) in [5, 5.41) is 0. The van der Waals surface area contributed by atoms with Gasteiger partial charge in [-0.2, -0.15) is 0 Å². The fourth-order valence-corrected chi connectivity index (χ4v) is 5.98. The molecule has 5 heteroatoms. The van der Waals surface area contributed by atoms with E-state index in [1.165, 1.54) is 55.2 Å². The Kier molecular flexibility index (Phi) is 6.66. The topological polar surface area (TPSA) is 39.4 Å². The Morgan fingerprint density at radius 1 is 1.07 bits per heavy atom. The number of hydrogen-bond donors (Lipinski definition) is 0. The molecular weight excluding hydrogens is 382 g/mol. The standard InChI is InChI=1S/C24H32NO3S/c1-25-14-6-5-11-22(25)20(10-7-15-25)16-27-24(26)23-13-12-21(28-23)18-29-17-19-8-3-2-4-9-19/h2-4,8-9,12-13,20,22H,5-7,10-11,14-18H2,1H3/q+1. The van der Waals surface area contributed by atoms with Crippen LogP contribution in [0, 0.1) is 5.92 Å².